The molecule has 2 aromatic carbocycles. The number of benzene rings is 2. The van der Waals surface area contributed by atoms with Gasteiger partial charge in [0.25, 0.3) is 5.19 Å². The summed E-state index contributed by atoms with van der Waals surface area (Å²) in [5, 5.41) is 0.668. The second kappa shape index (κ2) is 13.1. The van der Waals surface area contributed by atoms with Crippen molar-refractivity contribution in [1.29, 1.82) is 0 Å². The van der Waals surface area contributed by atoms with Gasteiger partial charge in [0.15, 0.2) is 0 Å². The standard InChI is InChI=1S/C21H23N3O2S.2C2H6/c22-20(25)16-10-13-24(14-11-16)12-9-15-5-7-17(8-6-15)26-21-23-18-3-1-2-4-19(18)27-21;2*1-2/h1-8,16H,9-14H2,(H2,22,25);2*1-2H3. The number of nitrogens with two attached hydrogens (primary N) is 1. The summed E-state index contributed by atoms with van der Waals surface area (Å²) in [5.41, 5.74) is 7.64. The number of primary amides is 1. The minimum absolute atomic E-state index is 0.0557. The first-order chi connectivity index (χ1) is 15.2. The van der Waals surface area contributed by atoms with Crippen LogP contribution in [0, 0.1) is 5.92 Å². The third-order valence-electron chi connectivity index (χ3n) is 5.11. The lowest BCUT2D eigenvalue weighted by Gasteiger charge is -2.30. The van der Waals surface area contributed by atoms with Crippen molar-refractivity contribution in [2.75, 3.05) is 19.6 Å². The lowest BCUT2D eigenvalue weighted by atomic mass is 9.96. The Labute approximate surface area is 190 Å². The van der Waals surface area contributed by atoms with Crippen LogP contribution in [0.15, 0.2) is 48.5 Å². The Bertz CT molecular complexity index is 883. The van der Waals surface area contributed by atoms with Gasteiger partial charge in [-0.25, -0.2) is 4.98 Å². The van der Waals surface area contributed by atoms with Gasteiger partial charge in [-0.2, -0.15) is 0 Å². The smallest absolute Gasteiger partial charge is 0.279 e. The number of carbonyl (C=O) groups is 1. The average molecular weight is 442 g/mol. The van der Waals surface area contributed by atoms with Gasteiger partial charge in [-0.05, 0) is 62.2 Å². The molecule has 1 aliphatic rings. The van der Waals surface area contributed by atoms with Crippen molar-refractivity contribution in [2.24, 2.45) is 11.7 Å². The third-order valence-corrected chi connectivity index (χ3v) is 6.02. The normalized spacial score (nSPS) is 14.2. The first-order valence-electron chi connectivity index (χ1n) is 11.3. The van der Waals surface area contributed by atoms with E-state index < -0.39 is 0 Å². The summed E-state index contributed by atoms with van der Waals surface area (Å²) < 4.78 is 7.03. The maximum Gasteiger partial charge on any atom is 0.279 e. The molecule has 5 nitrogen and oxygen atoms in total. The lowest BCUT2D eigenvalue weighted by molar-refractivity contribution is -0.123. The minimum atomic E-state index is -0.154. The van der Waals surface area contributed by atoms with Crippen LogP contribution < -0.4 is 10.5 Å². The number of aromatic nitrogens is 1. The van der Waals surface area contributed by atoms with E-state index in [9.17, 15) is 4.79 Å². The Morgan fingerprint density at radius 1 is 1.06 bits per heavy atom. The van der Waals surface area contributed by atoms with Crippen LogP contribution in [0.1, 0.15) is 46.1 Å². The van der Waals surface area contributed by atoms with Crippen LogP contribution in [0.25, 0.3) is 10.2 Å². The fourth-order valence-electron chi connectivity index (χ4n) is 3.45. The predicted molar refractivity (Wildman–Crippen MR) is 131 cm³/mol. The molecule has 0 atom stereocenters. The highest BCUT2D eigenvalue weighted by atomic mass is 32.1. The van der Waals surface area contributed by atoms with Crippen LogP contribution in [0.3, 0.4) is 0 Å². The third kappa shape index (κ3) is 7.33. The highest BCUT2D eigenvalue weighted by Gasteiger charge is 2.22. The zero-order valence-electron chi connectivity index (χ0n) is 19.1. The number of hydrogen-bond donors (Lipinski definition) is 1. The molecule has 3 aromatic rings. The number of piperidine rings is 1. The number of thiazole rings is 1. The van der Waals surface area contributed by atoms with Crippen LogP contribution in [-0.4, -0.2) is 35.4 Å². The zero-order chi connectivity index (χ0) is 22.6. The van der Waals surface area contributed by atoms with Crippen molar-refractivity contribution >= 4 is 27.5 Å². The van der Waals surface area contributed by atoms with Crippen molar-refractivity contribution < 1.29 is 9.53 Å². The highest BCUT2D eigenvalue weighted by molar-refractivity contribution is 7.20. The first-order valence-corrected chi connectivity index (χ1v) is 12.1. The molecule has 168 valence electrons. The van der Waals surface area contributed by atoms with Crippen LogP contribution in [-0.2, 0) is 11.2 Å². The number of hydrogen-bond acceptors (Lipinski definition) is 5. The van der Waals surface area contributed by atoms with Gasteiger partial charge >= 0.3 is 0 Å². The molecule has 31 heavy (non-hydrogen) atoms. The molecular weight excluding hydrogens is 406 g/mol. The van der Waals surface area contributed by atoms with Gasteiger partial charge in [-0.15, -0.1) is 0 Å². The summed E-state index contributed by atoms with van der Waals surface area (Å²) in [6, 6.07) is 16.3. The molecule has 1 saturated heterocycles. The van der Waals surface area contributed by atoms with E-state index in [0.29, 0.717) is 5.19 Å². The quantitative estimate of drug-likeness (QED) is 0.518. The van der Waals surface area contributed by atoms with Crippen LogP contribution >= 0.6 is 11.3 Å². The summed E-state index contributed by atoms with van der Waals surface area (Å²) in [5.74, 6) is 0.707. The van der Waals surface area contributed by atoms with Gasteiger partial charge in [0, 0.05) is 12.5 Å². The molecule has 0 radical (unpaired) electrons. The van der Waals surface area contributed by atoms with Gasteiger partial charge in [0.2, 0.25) is 5.91 Å². The van der Waals surface area contributed by atoms with E-state index in [1.165, 1.54) is 5.56 Å². The number of amides is 1. The molecule has 4 rings (SSSR count). The van der Waals surface area contributed by atoms with Crippen molar-refractivity contribution in [3.8, 4) is 10.9 Å². The van der Waals surface area contributed by atoms with E-state index in [2.05, 4.69) is 28.1 Å². The lowest BCUT2D eigenvalue weighted by Crippen LogP contribution is -2.39. The molecule has 0 aliphatic carbocycles. The van der Waals surface area contributed by atoms with Crippen LogP contribution in [0.5, 0.6) is 10.9 Å². The number of carbonyl (C=O) groups excluding carboxylic acids is 1. The SMILES string of the molecule is CC.CC.NC(=O)C1CCN(CCc2ccc(Oc3nc4ccccc4s3)cc2)CC1. The van der Waals surface area contributed by atoms with E-state index in [1.54, 1.807) is 11.3 Å². The van der Waals surface area contributed by atoms with E-state index in [1.807, 2.05) is 58.0 Å². The average Bonchev–Trinajstić information content (AvgIpc) is 3.24. The molecule has 1 aromatic heterocycles. The van der Waals surface area contributed by atoms with Crippen molar-refractivity contribution in [3.05, 3.63) is 54.1 Å². The topological polar surface area (TPSA) is 68.5 Å². The van der Waals surface area contributed by atoms with E-state index in [-0.39, 0.29) is 11.8 Å². The summed E-state index contributed by atoms with van der Waals surface area (Å²) in [6.07, 6.45) is 2.75. The van der Waals surface area contributed by atoms with E-state index in [4.69, 9.17) is 10.5 Å². The highest BCUT2D eigenvalue weighted by Crippen LogP contribution is 2.31. The predicted octanol–water partition coefficient (Wildman–Crippen LogP) is 5.88. The number of ether oxygens (including phenoxy) is 1. The summed E-state index contributed by atoms with van der Waals surface area (Å²) >= 11 is 1.55. The number of nitrogens with zero attached hydrogens (tertiary/aromatic N) is 2. The molecule has 2 heterocycles. The molecule has 1 amide bonds. The van der Waals surface area contributed by atoms with E-state index in [0.717, 1.165) is 54.9 Å². The van der Waals surface area contributed by atoms with Gasteiger partial charge in [-0.3, -0.25) is 4.79 Å². The number of rotatable bonds is 6. The first kappa shape index (κ1) is 24.8. The fraction of sp³-hybridized carbons (Fsp3) is 0.440. The Balaban J connectivity index is 0.000000807. The molecule has 1 aliphatic heterocycles. The van der Waals surface area contributed by atoms with Crippen molar-refractivity contribution in [2.45, 2.75) is 47.0 Å². The largest absolute Gasteiger partial charge is 0.431 e. The second-order valence-electron chi connectivity index (χ2n) is 6.96. The molecule has 0 saturated carbocycles. The van der Waals surface area contributed by atoms with Gasteiger partial charge in [-0.1, -0.05) is 63.3 Å². The van der Waals surface area contributed by atoms with Crippen LogP contribution in [0.2, 0.25) is 0 Å². The van der Waals surface area contributed by atoms with Crippen LogP contribution in [0.4, 0.5) is 0 Å². The zero-order valence-corrected chi connectivity index (χ0v) is 20.0. The fourth-order valence-corrected chi connectivity index (χ4v) is 4.28. The maximum absolute atomic E-state index is 11.2. The second-order valence-corrected chi connectivity index (χ2v) is 7.95. The number of fused-ring (bicyclic) bond motifs is 1. The van der Waals surface area contributed by atoms with Crippen molar-refractivity contribution in [3.63, 3.8) is 0 Å². The summed E-state index contributed by atoms with van der Waals surface area (Å²) in [7, 11) is 0. The maximum atomic E-state index is 11.2. The number of para-hydroxylation sites is 1. The molecule has 0 bridgehead atoms. The Hall–Kier alpha value is -2.44. The molecule has 1 fully saturated rings. The molecule has 0 unspecified atom stereocenters. The Morgan fingerprint density at radius 3 is 2.32 bits per heavy atom. The molecule has 0 spiro atoms. The van der Waals surface area contributed by atoms with E-state index >= 15 is 0 Å². The Kier molecular flexibility index (Phi) is 10.5. The molecular formula is C25H35N3O2S. The summed E-state index contributed by atoms with van der Waals surface area (Å²) in [4.78, 5) is 18.2. The monoisotopic (exact) mass is 441 g/mol. The van der Waals surface area contributed by atoms with Gasteiger partial charge in [0.05, 0.1) is 10.2 Å². The van der Waals surface area contributed by atoms with Gasteiger partial charge in [0.1, 0.15) is 5.75 Å². The summed E-state index contributed by atoms with van der Waals surface area (Å²) in [6.45, 7) is 10.9. The van der Waals surface area contributed by atoms with Crippen molar-refractivity contribution in [1.82, 2.24) is 9.88 Å². The van der Waals surface area contributed by atoms with Gasteiger partial charge < -0.3 is 15.4 Å². The number of likely N-dealkylation sites (tertiary alicyclic amines) is 1. The molecule has 2 N–H and O–H groups in total. The Morgan fingerprint density at radius 2 is 1.71 bits per heavy atom. The minimum Gasteiger partial charge on any atom is -0.431 e. The molecule has 6 heteroatoms.